The van der Waals surface area contributed by atoms with Crippen LogP contribution in [-0.2, 0) is 6.54 Å². The first-order chi connectivity index (χ1) is 9.81. The Morgan fingerprint density at radius 2 is 2.20 bits per heavy atom. The lowest BCUT2D eigenvalue weighted by molar-refractivity contribution is 0.0405. The van der Waals surface area contributed by atoms with Gasteiger partial charge in [-0.15, -0.1) is 0 Å². The SMILES string of the molecule is N#CCCN(Cc1cccnc1)C1CCCCCC1O. The maximum Gasteiger partial charge on any atom is 0.0695 e. The second-order valence-corrected chi connectivity index (χ2v) is 5.51. The summed E-state index contributed by atoms with van der Waals surface area (Å²) in [5, 5.41) is 19.2. The average Bonchev–Trinajstić information content (AvgIpc) is 2.69. The number of aromatic nitrogens is 1. The Hall–Kier alpha value is -1.44. The van der Waals surface area contributed by atoms with Gasteiger partial charge in [0, 0.05) is 37.9 Å². The maximum atomic E-state index is 10.4. The highest BCUT2D eigenvalue weighted by molar-refractivity contribution is 5.08. The van der Waals surface area contributed by atoms with Crippen LogP contribution in [-0.4, -0.2) is 33.7 Å². The van der Waals surface area contributed by atoms with Gasteiger partial charge in [-0.25, -0.2) is 0 Å². The van der Waals surface area contributed by atoms with E-state index in [2.05, 4.69) is 22.0 Å². The Morgan fingerprint density at radius 1 is 1.35 bits per heavy atom. The quantitative estimate of drug-likeness (QED) is 0.837. The molecule has 0 amide bonds. The van der Waals surface area contributed by atoms with E-state index in [1.54, 1.807) is 6.20 Å². The van der Waals surface area contributed by atoms with Crippen molar-refractivity contribution in [1.82, 2.24) is 9.88 Å². The molecule has 1 aromatic heterocycles. The number of hydrogen-bond acceptors (Lipinski definition) is 4. The Labute approximate surface area is 121 Å². The molecular formula is C16H23N3O. The summed E-state index contributed by atoms with van der Waals surface area (Å²) in [6, 6.07) is 6.37. The third-order valence-electron chi connectivity index (χ3n) is 4.03. The molecular weight excluding hydrogens is 250 g/mol. The summed E-state index contributed by atoms with van der Waals surface area (Å²) < 4.78 is 0. The fraction of sp³-hybridized carbons (Fsp3) is 0.625. The summed E-state index contributed by atoms with van der Waals surface area (Å²) in [6.45, 7) is 1.48. The Morgan fingerprint density at radius 3 is 2.95 bits per heavy atom. The monoisotopic (exact) mass is 273 g/mol. The molecule has 4 nitrogen and oxygen atoms in total. The molecule has 108 valence electrons. The van der Waals surface area contributed by atoms with E-state index in [1.165, 1.54) is 6.42 Å². The third-order valence-corrected chi connectivity index (χ3v) is 4.03. The summed E-state index contributed by atoms with van der Waals surface area (Å²) in [4.78, 5) is 6.41. The van der Waals surface area contributed by atoms with Crippen molar-refractivity contribution >= 4 is 0 Å². The van der Waals surface area contributed by atoms with E-state index in [0.29, 0.717) is 13.0 Å². The smallest absolute Gasteiger partial charge is 0.0695 e. The van der Waals surface area contributed by atoms with Crippen molar-refractivity contribution in [2.24, 2.45) is 0 Å². The first-order valence-electron chi connectivity index (χ1n) is 7.49. The largest absolute Gasteiger partial charge is 0.391 e. The maximum absolute atomic E-state index is 10.4. The Balaban J connectivity index is 2.07. The number of rotatable bonds is 5. The molecule has 1 N–H and O–H groups in total. The highest BCUT2D eigenvalue weighted by atomic mass is 16.3. The van der Waals surface area contributed by atoms with Crippen LogP contribution >= 0.6 is 0 Å². The number of aliphatic hydroxyl groups is 1. The molecule has 1 heterocycles. The summed E-state index contributed by atoms with van der Waals surface area (Å²) in [6.07, 6.45) is 9.23. The molecule has 0 bridgehead atoms. The van der Waals surface area contributed by atoms with Crippen LogP contribution in [0.2, 0.25) is 0 Å². The van der Waals surface area contributed by atoms with Gasteiger partial charge < -0.3 is 5.11 Å². The van der Waals surface area contributed by atoms with E-state index in [4.69, 9.17) is 5.26 Å². The van der Waals surface area contributed by atoms with Crippen molar-refractivity contribution in [3.8, 4) is 6.07 Å². The minimum Gasteiger partial charge on any atom is -0.391 e. The molecule has 20 heavy (non-hydrogen) atoms. The standard InChI is InChI=1S/C16H23N3O/c17-9-5-11-19(13-14-6-4-10-18-12-14)15-7-2-1-3-8-16(15)20/h4,6,10,12,15-16,20H,1-3,5,7-8,11,13H2. The van der Waals surface area contributed by atoms with E-state index in [-0.39, 0.29) is 12.1 Å². The predicted octanol–water partition coefficient (Wildman–Crippen LogP) is 2.49. The number of nitriles is 1. The Bertz CT molecular complexity index is 429. The van der Waals surface area contributed by atoms with Crippen LogP contribution in [0.3, 0.4) is 0 Å². The average molecular weight is 273 g/mol. The molecule has 2 rings (SSSR count). The van der Waals surface area contributed by atoms with Gasteiger partial charge in [0.2, 0.25) is 0 Å². The second kappa shape index (κ2) is 7.98. The van der Waals surface area contributed by atoms with Gasteiger partial charge >= 0.3 is 0 Å². The normalized spacial score (nSPS) is 23.2. The molecule has 2 atom stereocenters. The zero-order valence-corrected chi connectivity index (χ0v) is 11.9. The van der Waals surface area contributed by atoms with Crippen molar-refractivity contribution in [2.75, 3.05) is 6.54 Å². The van der Waals surface area contributed by atoms with Crippen LogP contribution in [0, 0.1) is 11.3 Å². The van der Waals surface area contributed by atoms with Crippen LogP contribution in [0.4, 0.5) is 0 Å². The van der Waals surface area contributed by atoms with Crippen molar-refractivity contribution in [3.63, 3.8) is 0 Å². The van der Waals surface area contributed by atoms with Gasteiger partial charge in [-0.05, 0) is 24.5 Å². The van der Waals surface area contributed by atoms with Crippen molar-refractivity contribution in [1.29, 1.82) is 5.26 Å². The summed E-state index contributed by atoms with van der Waals surface area (Å²) in [5.74, 6) is 0. The lowest BCUT2D eigenvalue weighted by Crippen LogP contribution is -2.43. The molecule has 0 aliphatic heterocycles. The lowest BCUT2D eigenvalue weighted by Gasteiger charge is -2.33. The molecule has 0 radical (unpaired) electrons. The highest BCUT2D eigenvalue weighted by Gasteiger charge is 2.27. The lowest BCUT2D eigenvalue weighted by atomic mass is 10.0. The number of pyridine rings is 1. The van der Waals surface area contributed by atoms with E-state index in [0.717, 1.165) is 37.8 Å². The van der Waals surface area contributed by atoms with E-state index in [1.807, 2.05) is 12.3 Å². The molecule has 2 unspecified atom stereocenters. The van der Waals surface area contributed by atoms with Crippen molar-refractivity contribution in [2.45, 2.75) is 57.2 Å². The van der Waals surface area contributed by atoms with E-state index < -0.39 is 0 Å². The summed E-state index contributed by atoms with van der Waals surface area (Å²) >= 11 is 0. The molecule has 1 fully saturated rings. The first-order valence-corrected chi connectivity index (χ1v) is 7.49. The fourth-order valence-corrected chi connectivity index (χ4v) is 2.98. The van der Waals surface area contributed by atoms with Crippen LogP contribution in [0.15, 0.2) is 24.5 Å². The minimum atomic E-state index is -0.270. The molecule has 0 saturated heterocycles. The summed E-state index contributed by atoms with van der Waals surface area (Å²) in [7, 11) is 0. The van der Waals surface area contributed by atoms with E-state index >= 15 is 0 Å². The molecule has 1 saturated carbocycles. The van der Waals surface area contributed by atoms with Gasteiger partial charge in [0.25, 0.3) is 0 Å². The van der Waals surface area contributed by atoms with Gasteiger partial charge in [-0.2, -0.15) is 5.26 Å². The van der Waals surface area contributed by atoms with Crippen LogP contribution in [0.1, 0.15) is 44.1 Å². The van der Waals surface area contributed by atoms with Crippen LogP contribution in [0.5, 0.6) is 0 Å². The molecule has 1 aliphatic carbocycles. The van der Waals surface area contributed by atoms with Gasteiger partial charge in [-0.3, -0.25) is 9.88 Å². The van der Waals surface area contributed by atoms with Crippen LogP contribution < -0.4 is 0 Å². The molecule has 0 aromatic carbocycles. The molecule has 1 aliphatic rings. The minimum absolute atomic E-state index is 0.172. The van der Waals surface area contributed by atoms with Crippen LogP contribution in [0.25, 0.3) is 0 Å². The number of aliphatic hydroxyl groups excluding tert-OH is 1. The van der Waals surface area contributed by atoms with Gasteiger partial charge in [0.1, 0.15) is 0 Å². The zero-order valence-electron chi connectivity index (χ0n) is 11.9. The molecule has 1 aromatic rings. The number of hydrogen-bond donors (Lipinski definition) is 1. The van der Waals surface area contributed by atoms with Crippen molar-refractivity contribution < 1.29 is 5.11 Å². The van der Waals surface area contributed by atoms with Gasteiger partial charge in [-0.1, -0.05) is 25.3 Å². The van der Waals surface area contributed by atoms with E-state index in [9.17, 15) is 5.11 Å². The molecule has 0 spiro atoms. The zero-order chi connectivity index (χ0) is 14.2. The topological polar surface area (TPSA) is 60.2 Å². The molecule has 4 heteroatoms. The first kappa shape index (κ1) is 15.0. The van der Waals surface area contributed by atoms with Gasteiger partial charge in [0.15, 0.2) is 0 Å². The van der Waals surface area contributed by atoms with Gasteiger partial charge in [0.05, 0.1) is 12.2 Å². The predicted molar refractivity (Wildman–Crippen MR) is 77.8 cm³/mol. The third kappa shape index (κ3) is 4.29. The summed E-state index contributed by atoms with van der Waals surface area (Å²) in [5.41, 5.74) is 1.14. The highest BCUT2D eigenvalue weighted by Crippen LogP contribution is 2.24. The number of nitrogens with zero attached hydrogens (tertiary/aromatic N) is 3. The Kier molecular flexibility index (Phi) is 5.97. The van der Waals surface area contributed by atoms with Crippen molar-refractivity contribution in [3.05, 3.63) is 30.1 Å². The second-order valence-electron chi connectivity index (χ2n) is 5.51. The fourth-order valence-electron chi connectivity index (χ4n) is 2.98.